The predicted octanol–water partition coefficient (Wildman–Crippen LogP) is 0.388. The van der Waals surface area contributed by atoms with Crippen molar-refractivity contribution in [3.8, 4) is 0 Å². The molecule has 1 aromatic rings. The van der Waals surface area contributed by atoms with Gasteiger partial charge in [-0.2, -0.15) is 4.80 Å². The first-order chi connectivity index (χ1) is 6.72. The lowest BCUT2D eigenvalue weighted by Gasteiger charge is -2.08. The molecule has 0 aliphatic rings. The van der Waals surface area contributed by atoms with Crippen LogP contribution in [-0.2, 0) is 13.5 Å². The Hall–Kier alpha value is -0.970. The van der Waals surface area contributed by atoms with Gasteiger partial charge in [0.15, 0.2) is 5.82 Å². The summed E-state index contributed by atoms with van der Waals surface area (Å²) >= 11 is 0. The van der Waals surface area contributed by atoms with E-state index in [1.54, 1.807) is 7.05 Å². The fraction of sp³-hybridized carbons (Fsp3) is 0.889. The molecule has 14 heavy (non-hydrogen) atoms. The summed E-state index contributed by atoms with van der Waals surface area (Å²) in [6, 6.07) is 0. The number of hydrogen-bond donors (Lipinski definition) is 1. The lowest BCUT2D eigenvalue weighted by atomic mass is 10.0. The largest absolute Gasteiger partial charge is 0.317 e. The summed E-state index contributed by atoms with van der Waals surface area (Å²) in [6.45, 7) is 6.44. The molecule has 5 nitrogen and oxygen atoms in total. The average molecular weight is 197 g/mol. The second kappa shape index (κ2) is 5.70. The Balaban J connectivity index is 2.23. The van der Waals surface area contributed by atoms with Gasteiger partial charge in [-0.05, 0) is 30.6 Å². The van der Waals surface area contributed by atoms with Gasteiger partial charge in [0, 0.05) is 6.42 Å². The van der Waals surface area contributed by atoms with Gasteiger partial charge >= 0.3 is 0 Å². The molecule has 1 heterocycles. The zero-order valence-electron chi connectivity index (χ0n) is 9.19. The maximum Gasteiger partial charge on any atom is 0.175 e. The molecule has 0 radical (unpaired) electrons. The third-order valence-corrected chi connectivity index (χ3v) is 2.14. The van der Waals surface area contributed by atoms with Crippen molar-refractivity contribution in [3.63, 3.8) is 0 Å². The summed E-state index contributed by atoms with van der Waals surface area (Å²) in [5, 5.41) is 15.2. The molecule has 1 aromatic heterocycles. The summed E-state index contributed by atoms with van der Waals surface area (Å²) in [6.07, 6.45) is 2.07. The van der Waals surface area contributed by atoms with E-state index >= 15 is 0 Å². The number of aromatic nitrogens is 4. The van der Waals surface area contributed by atoms with E-state index in [0.29, 0.717) is 5.92 Å². The zero-order valence-corrected chi connectivity index (χ0v) is 9.19. The van der Waals surface area contributed by atoms with Crippen molar-refractivity contribution >= 4 is 0 Å². The Kier molecular flexibility index (Phi) is 4.52. The third-order valence-electron chi connectivity index (χ3n) is 2.14. The molecule has 0 amide bonds. The highest BCUT2D eigenvalue weighted by molar-refractivity contribution is 4.79. The molecule has 1 rings (SSSR count). The van der Waals surface area contributed by atoms with E-state index in [2.05, 4.69) is 34.6 Å². The Bertz CT molecular complexity index is 257. The van der Waals surface area contributed by atoms with E-state index < -0.39 is 0 Å². The molecule has 0 bridgehead atoms. The monoisotopic (exact) mass is 197 g/mol. The van der Waals surface area contributed by atoms with Gasteiger partial charge in [0.2, 0.25) is 0 Å². The second-order valence-electron chi connectivity index (χ2n) is 3.65. The fourth-order valence-corrected chi connectivity index (χ4v) is 1.34. The first kappa shape index (κ1) is 11.1. The molecule has 80 valence electrons. The van der Waals surface area contributed by atoms with Crippen molar-refractivity contribution in [2.45, 2.75) is 26.7 Å². The summed E-state index contributed by atoms with van der Waals surface area (Å²) < 4.78 is 0. The molecule has 0 saturated carbocycles. The highest BCUT2D eigenvalue weighted by Crippen LogP contribution is 2.06. The first-order valence-electron chi connectivity index (χ1n) is 5.16. The minimum Gasteiger partial charge on any atom is -0.317 e. The van der Waals surface area contributed by atoms with Crippen molar-refractivity contribution in [1.82, 2.24) is 25.5 Å². The molecule has 5 heteroatoms. The lowest BCUT2D eigenvalue weighted by molar-refractivity contribution is 0.492. The van der Waals surface area contributed by atoms with Gasteiger partial charge in [-0.3, -0.25) is 0 Å². The molecule has 1 atom stereocenters. The van der Waals surface area contributed by atoms with Crippen LogP contribution in [0.25, 0.3) is 0 Å². The Morgan fingerprint density at radius 2 is 2.29 bits per heavy atom. The van der Waals surface area contributed by atoms with Gasteiger partial charge in [0.1, 0.15) is 0 Å². The molecular formula is C9H19N5. The van der Waals surface area contributed by atoms with Crippen LogP contribution in [0.4, 0.5) is 0 Å². The van der Waals surface area contributed by atoms with Gasteiger partial charge in [0.25, 0.3) is 0 Å². The van der Waals surface area contributed by atoms with Crippen LogP contribution >= 0.6 is 0 Å². The fourth-order valence-electron chi connectivity index (χ4n) is 1.34. The lowest BCUT2D eigenvalue weighted by Crippen LogP contribution is -2.17. The second-order valence-corrected chi connectivity index (χ2v) is 3.65. The van der Waals surface area contributed by atoms with Crippen molar-refractivity contribution in [2.24, 2.45) is 13.0 Å². The van der Waals surface area contributed by atoms with E-state index in [4.69, 9.17) is 0 Å². The number of nitrogens with zero attached hydrogens (tertiary/aromatic N) is 4. The molecule has 1 unspecified atom stereocenters. The van der Waals surface area contributed by atoms with Crippen LogP contribution in [0.15, 0.2) is 0 Å². The van der Waals surface area contributed by atoms with Crippen LogP contribution in [0.3, 0.4) is 0 Å². The van der Waals surface area contributed by atoms with Crippen molar-refractivity contribution < 1.29 is 0 Å². The summed E-state index contributed by atoms with van der Waals surface area (Å²) in [4.78, 5) is 1.51. The molecule has 0 aliphatic heterocycles. The van der Waals surface area contributed by atoms with Crippen LogP contribution in [0.1, 0.15) is 26.1 Å². The maximum atomic E-state index is 4.15. The molecule has 0 aromatic carbocycles. The average Bonchev–Trinajstić information content (AvgIpc) is 2.52. The van der Waals surface area contributed by atoms with Gasteiger partial charge in [-0.15, -0.1) is 10.2 Å². The highest BCUT2D eigenvalue weighted by atomic mass is 15.6. The van der Waals surface area contributed by atoms with Crippen LogP contribution in [0, 0.1) is 5.92 Å². The Morgan fingerprint density at radius 3 is 2.86 bits per heavy atom. The summed E-state index contributed by atoms with van der Waals surface area (Å²) in [7, 11) is 1.79. The zero-order chi connectivity index (χ0) is 10.4. The summed E-state index contributed by atoms with van der Waals surface area (Å²) in [5.74, 6) is 1.45. The minimum atomic E-state index is 0.609. The van der Waals surface area contributed by atoms with Crippen LogP contribution in [0.5, 0.6) is 0 Å². The molecule has 0 saturated heterocycles. The van der Waals surface area contributed by atoms with E-state index in [-0.39, 0.29) is 0 Å². The van der Waals surface area contributed by atoms with Gasteiger partial charge in [-0.1, -0.05) is 13.8 Å². The van der Waals surface area contributed by atoms with Gasteiger partial charge in [0.05, 0.1) is 7.05 Å². The standard InChI is InChI=1S/C9H19N5/c1-4-10-6-5-8(2)7-9-11-13-14(3)12-9/h8,10H,4-7H2,1-3H3. The number of nitrogens with one attached hydrogen (secondary N) is 1. The van der Waals surface area contributed by atoms with Crippen molar-refractivity contribution in [1.29, 1.82) is 0 Å². The van der Waals surface area contributed by atoms with Crippen LogP contribution < -0.4 is 5.32 Å². The van der Waals surface area contributed by atoms with Crippen molar-refractivity contribution in [2.75, 3.05) is 13.1 Å². The number of hydrogen-bond acceptors (Lipinski definition) is 4. The van der Waals surface area contributed by atoms with Gasteiger partial charge in [-0.25, -0.2) is 0 Å². The Morgan fingerprint density at radius 1 is 1.50 bits per heavy atom. The number of rotatable bonds is 6. The van der Waals surface area contributed by atoms with Gasteiger partial charge < -0.3 is 5.32 Å². The topological polar surface area (TPSA) is 55.6 Å². The smallest absolute Gasteiger partial charge is 0.175 e. The van der Waals surface area contributed by atoms with Crippen molar-refractivity contribution in [3.05, 3.63) is 5.82 Å². The number of aryl methyl sites for hydroxylation is 1. The molecular weight excluding hydrogens is 178 g/mol. The quantitative estimate of drug-likeness (QED) is 0.670. The molecule has 1 N–H and O–H groups in total. The number of tetrazole rings is 1. The molecule has 0 spiro atoms. The SMILES string of the molecule is CCNCCC(C)Cc1nnn(C)n1. The van der Waals surface area contributed by atoms with E-state index in [0.717, 1.165) is 31.8 Å². The van der Waals surface area contributed by atoms with E-state index in [1.165, 1.54) is 4.80 Å². The predicted molar refractivity (Wildman–Crippen MR) is 54.8 cm³/mol. The maximum absolute atomic E-state index is 4.15. The van der Waals surface area contributed by atoms with E-state index in [9.17, 15) is 0 Å². The minimum absolute atomic E-state index is 0.609. The third kappa shape index (κ3) is 3.83. The molecule has 0 fully saturated rings. The van der Waals surface area contributed by atoms with E-state index in [1.807, 2.05) is 0 Å². The normalized spacial score (nSPS) is 13.1. The summed E-state index contributed by atoms with van der Waals surface area (Å²) in [5.41, 5.74) is 0. The van der Waals surface area contributed by atoms with Crippen LogP contribution in [-0.4, -0.2) is 33.3 Å². The first-order valence-corrected chi connectivity index (χ1v) is 5.16. The molecule has 0 aliphatic carbocycles. The van der Waals surface area contributed by atoms with Crippen LogP contribution in [0.2, 0.25) is 0 Å². The Labute approximate surface area is 84.9 Å². The highest BCUT2D eigenvalue weighted by Gasteiger charge is 2.07.